The van der Waals surface area contributed by atoms with Crippen molar-refractivity contribution in [1.29, 1.82) is 0 Å². The fourth-order valence-corrected chi connectivity index (χ4v) is 3.01. The van der Waals surface area contributed by atoms with Crippen LogP contribution in [-0.2, 0) is 0 Å². The summed E-state index contributed by atoms with van der Waals surface area (Å²) in [4.78, 5) is 2.52. The number of para-hydroxylation sites is 2. The molecule has 0 aromatic heterocycles. The first-order valence-electron chi connectivity index (χ1n) is 6.46. The fraction of sp³-hybridized carbons (Fsp3) is 0.571. The summed E-state index contributed by atoms with van der Waals surface area (Å²) in [6, 6.07) is 7.81. The van der Waals surface area contributed by atoms with E-state index in [1.54, 1.807) is 7.11 Å². The van der Waals surface area contributed by atoms with Crippen molar-refractivity contribution in [3.05, 3.63) is 24.3 Å². The van der Waals surface area contributed by atoms with Gasteiger partial charge in [0.15, 0.2) is 11.5 Å². The van der Waals surface area contributed by atoms with Crippen LogP contribution < -0.4 is 9.47 Å². The number of benzene rings is 1. The number of hydrogen-bond donors (Lipinski definition) is 0. The van der Waals surface area contributed by atoms with Crippen LogP contribution >= 0.6 is 11.8 Å². The fourth-order valence-electron chi connectivity index (χ4n) is 2.03. The first-order chi connectivity index (χ1) is 8.90. The molecule has 1 aliphatic heterocycles. The molecule has 0 bridgehead atoms. The Kier molecular flexibility index (Phi) is 5.68. The van der Waals surface area contributed by atoms with Crippen molar-refractivity contribution in [2.24, 2.45) is 0 Å². The standard InChI is InChI=1S/C14H21NO2S/c1-16-13-5-2-3-6-14(13)17-10-4-7-15-8-11-18-12-9-15/h2-3,5-6H,4,7-12H2,1H3. The summed E-state index contributed by atoms with van der Waals surface area (Å²) >= 11 is 2.05. The minimum atomic E-state index is 0.754. The Morgan fingerprint density at radius 1 is 1.17 bits per heavy atom. The number of methoxy groups -OCH3 is 1. The Morgan fingerprint density at radius 3 is 2.61 bits per heavy atom. The third-order valence-corrected chi connectivity index (χ3v) is 3.99. The highest BCUT2D eigenvalue weighted by molar-refractivity contribution is 7.99. The van der Waals surface area contributed by atoms with Crippen LogP contribution in [0, 0.1) is 0 Å². The topological polar surface area (TPSA) is 21.7 Å². The zero-order valence-corrected chi connectivity index (χ0v) is 11.7. The zero-order chi connectivity index (χ0) is 12.6. The maximum absolute atomic E-state index is 5.76. The molecular weight excluding hydrogens is 246 g/mol. The predicted molar refractivity (Wildman–Crippen MR) is 76.9 cm³/mol. The number of rotatable bonds is 6. The van der Waals surface area contributed by atoms with Crippen LogP contribution in [0.3, 0.4) is 0 Å². The summed E-state index contributed by atoms with van der Waals surface area (Å²) in [5, 5.41) is 0. The summed E-state index contributed by atoms with van der Waals surface area (Å²) in [6.45, 7) is 4.33. The lowest BCUT2D eigenvalue weighted by molar-refractivity contribution is 0.242. The minimum Gasteiger partial charge on any atom is -0.493 e. The molecule has 1 aromatic carbocycles. The van der Waals surface area contributed by atoms with Gasteiger partial charge >= 0.3 is 0 Å². The van der Waals surface area contributed by atoms with E-state index in [0.717, 1.165) is 31.1 Å². The molecule has 0 spiro atoms. The number of thioether (sulfide) groups is 1. The Hall–Kier alpha value is -0.870. The highest BCUT2D eigenvalue weighted by atomic mass is 32.2. The quantitative estimate of drug-likeness (QED) is 0.738. The van der Waals surface area contributed by atoms with Gasteiger partial charge in [-0.2, -0.15) is 11.8 Å². The van der Waals surface area contributed by atoms with Crippen LogP contribution in [0.25, 0.3) is 0 Å². The van der Waals surface area contributed by atoms with Crippen LogP contribution in [0.1, 0.15) is 6.42 Å². The van der Waals surface area contributed by atoms with Crippen LogP contribution in [0.4, 0.5) is 0 Å². The van der Waals surface area contributed by atoms with Gasteiger partial charge in [0.1, 0.15) is 0 Å². The highest BCUT2D eigenvalue weighted by Crippen LogP contribution is 2.25. The summed E-state index contributed by atoms with van der Waals surface area (Å²) in [5.41, 5.74) is 0. The van der Waals surface area contributed by atoms with Gasteiger partial charge in [-0.3, -0.25) is 0 Å². The van der Waals surface area contributed by atoms with Crippen molar-refractivity contribution in [2.45, 2.75) is 6.42 Å². The first kappa shape index (κ1) is 13.6. The number of hydrogen-bond acceptors (Lipinski definition) is 4. The molecule has 0 saturated carbocycles. The molecule has 0 radical (unpaired) electrons. The van der Waals surface area contributed by atoms with E-state index in [-0.39, 0.29) is 0 Å². The molecule has 0 aliphatic carbocycles. The molecule has 4 heteroatoms. The van der Waals surface area contributed by atoms with E-state index < -0.39 is 0 Å². The van der Waals surface area contributed by atoms with Crippen LogP contribution in [0.2, 0.25) is 0 Å². The Bertz CT molecular complexity index is 353. The molecule has 18 heavy (non-hydrogen) atoms. The third kappa shape index (κ3) is 4.10. The van der Waals surface area contributed by atoms with E-state index >= 15 is 0 Å². The zero-order valence-electron chi connectivity index (χ0n) is 10.9. The second-order valence-electron chi connectivity index (χ2n) is 4.31. The van der Waals surface area contributed by atoms with Gasteiger partial charge in [-0.1, -0.05) is 12.1 Å². The van der Waals surface area contributed by atoms with E-state index in [1.807, 2.05) is 24.3 Å². The number of ether oxygens (including phenoxy) is 2. The first-order valence-corrected chi connectivity index (χ1v) is 7.61. The second-order valence-corrected chi connectivity index (χ2v) is 5.53. The van der Waals surface area contributed by atoms with Crippen LogP contribution in [0.5, 0.6) is 11.5 Å². The summed E-state index contributed by atoms with van der Waals surface area (Å²) < 4.78 is 11.0. The van der Waals surface area contributed by atoms with E-state index in [9.17, 15) is 0 Å². The van der Waals surface area contributed by atoms with E-state index in [0.29, 0.717) is 0 Å². The van der Waals surface area contributed by atoms with E-state index in [4.69, 9.17) is 9.47 Å². The molecule has 0 N–H and O–H groups in total. The molecule has 1 fully saturated rings. The molecule has 100 valence electrons. The predicted octanol–water partition coefficient (Wildman–Crippen LogP) is 2.51. The van der Waals surface area contributed by atoms with Crippen LogP contribution in [0.15, 0.2) is 24.3 Å². The number of nitrogens with zero attached hydrogens (tertiary/aromatic N) is 1. The summed E-state index contributed by atoms with van der Waals surface area (Å²) in [6.07, 6.45) is 1.07. The normalized spacial score (nSPS) is 16.5. The molecule has 0 unspecified atom stereocenters. The average Bonchev–Trinajstić information content (AvgIpc) is 2.45. The SMILES string of the molecule is COc1ccccc1OCCCN1CCSCC1. The summed E-state index contributed by atoms with van der Waals surface area (Å²) in [7, 11) is 1.67. The molecule has 1 aliphatic rings. The Labute approximate surface area is 113 Å². The van der Waals surface area contributed by atoms with Gasteiger partial charge in [-0.25, -0.2) is 0 Å². The molecule has 0 atom stereocenters. The summed E-state index contributed by atoms with van der Waals surface area (Å²) in [5.74, 6) is 4.20. The van der Waals surface area contributed by atoms with Gasteiger partial charge in [-0.15, -0.1) is 0 Å². The molecule has 3 nitrogen and oxygen atoms in total. The Balaban J connectivity index is 1.68. The largest absolute Gasteiger partial charge is 0.493 e. The molecular formula is C14H21NO2S. The van der Waals surface area contributed by atoms with Gasteiger partial charge in [-0.05, 0) is 18.6 Å². The Morgan fingerprint density at radius 2 is 1.89 bits per heavy atom. The second kappa shape index (κ2) is 7.54. The molecule has 1 heterocycles. The monoisotopic (exact) mass is 267 g/mol. The minimum absolute atomic E-state index is 0.754. The lowest BCUT2D eigenvalue weighted by Gasteiger charge is -2.25. The van der Waals surface area contributed by atoms with Crippen molar-refractivity contribution in [3.63, 3.8) is 0 Å². The van der Waals surface area contributed by atoms with Crippen molar-refractivity contribution in [1.82, 2.24) is 4.90 Å². The highest BCUT2D eigenvalue weighted by Gasteiger charge is 2.09. The van der Waals surface area contributed by atoms with Gasteiger partial charge < -0.3 is 14.4 Å². The van der Waals surface area contributed by atoms with Gasteiger partial charge in [0, 0.05) is 31.1 Å². The van der Waals surface area contributed by atoms with Crippen molar-refractivity contribution in [3.8, 4) is 11.5 Å². The smallest absolute Gasteiger partial charge is 0.161 e. The van der Waals surface area contributed by atoms with Gasteiger partial charge in [0.05, 0.1) is 13.7 Å². The van der Waals surface area contributed by atoms with Gasteiger partial charge in [0.2, 0.25) is 0 Å². The van der Waals surface area contributed by atoms with Gasteiger partial charge in [0.25, 0.3) is 0 Å². The van der Waals surface area contributed by atoms with Crippen LogP contribution in [-0.4, -0.2) is 49.8 Å². The molecule has 1 aromatic rings. The van der Waals surface area contributed by atoms with E-state index in [2.05, 4.69) is 16.7 Å². The van der Waals surface area contributed by atoms with Crippen molar-refractivity contribution in [2.75, 3.05) is 44.9 Å². The lowest BCUT2D eigenvalue weighted by atomic mass is 10.3. The van der Waals surface area contributed by atoms with Crippen molar-refractivity contribution >= 4 is 11.8 Å². The molecule has 0 amide bonds. The molecule has 2 rings (SSSR count). The maximum atomic E-state index is 5.76. The maximum Gasteiger partial charge on any atom is 0.161 e. The van der Waals surface area contributed by atoms with E-state index in [1.165, 1.54) is 24.6 Å². The third-order valence-electron chi connectivity index (χ3n) is 3.05. The lowest BCUT2D eigenvalue weighted by Crippen LogP contribution is -2.33. The van der Waals surface area contributed by atoms with Crippen molar-refractivity contribution < 1.29 is 9.47 Å². The molecule has 1 saturated heterocycles. The average molecular weight is 267 g/mol.